The average Bonchev–Trinajstić information content (AvgIpc) is 3.19. The van der Waals surface area contributed by atoms with Gasteiger partial charge in [0.2, 0.25) is 0 Å². The summed E-state index contributed by atoms with van der Waals surface area (Å²) in [4.78, 5) is 25.2. The van der Waals surface area contributed by atoms with Crippen LogP contribution in [0.3, 0.4) is 0 Å². The highest BCUT2D eigenvalue weighted by molar-refractivity contribution is 5.91. The third-order valence-corrected chi connectivity index (χ3v) is 5.74. The maximum absolute atomic E-state index is 12.1. The number of carbonyl (C=O) groups is 1. The first-order valence-electron chi connectivity index (χ1n) is 10.3. The van der Waals surface area contributed by atoms with Crippen molar-refractivity contribution in [1.29, 1.82) is 0 Å². The molecule has 0 radical (unpaired) electrons. The molecule has 1 aliphatic carbocycles. The van der Waals surface area contributed by atoms with Gasteiger partial charge in [-0.05, 0) is 35.1 Å². The molecule has 7 nitrogen and oxygen atoms in total. The lowest BCUT2D eigenvalue weighted by molar-refractivity contribution is 0.142. The molecule has 31 heavy (non-hydrogen) atoms. The number of fused-ring (bicyclic) bond motifs is 1. The lowest BCUT2D eigenvalue weighted by Crippen LogP contribution is -2.35. The van der Waals surface area contributed by atoms with E-state index in [1.807, 2.05) is 42.7 Å². The number of nitrogens with one attached hydrogen (secondary N) is 1. The monoisotopic (exact) mass is 414 g/mol. The Morgan fingerprint density at radius 1 is 1.10 bits per heavy atom. The van der Waals surface area contributed by atoms with Gasteiger partial charge in [0.1, 0.15) is 25.1 Å². The quantitative estimate of drug-likeness (QED) is 0.707. The Labute approximate surface area is 180 Å². The van der Waals surface area contributed by atoms with Gasteiger partial charge in [0.15, 0.2) is 0 Å². The van der Waals surface area contributed by atoms with Crippen molar-refractivity contribution in [2.45, 2.75) is 31.4 Å². The van der Waals surface area contributed by atoms with E-state index >= 15 is 0 Å². The van der Waals surface area contributed by atoms with Gasteiger partial charge in [-0.1, -0.05) is 48.5 Å². The molecule has 2 aromatic carbocycles. The summed E-state index contributed by atoms with van der Waals surface area (Å²) in [5.41, 5.74) is 5.30. The summed E-state index contributed by atoms with van der Waals surface area (Å²) in [5.74, 6) is 0. The number of amidine groups is 1. The van der Waals surface area contributed by atoms with Crippen LogP contribution in [0.2, 0.25) is 0 Å². The van der Waals surface area contributed by atoms with Crippen LogP contribution in [0.5, 0.6) is 0 Å². The average molecular weight is 414 g/mol. The molecule has 1 spiro atoms. The second kappa shape index (κ2) is 8.18. The van der Waals surface area contributed by atoms with Gasteiger partial charge in [0.05, 0.1) is 0 Å². The second-order valence-corrected chi connectivity index (χ2v) is 7.86. The van der Waals surface area contributed by atoms with Crippen molar-refractivity contribution in [1.82, 2.24) is 15.3 Å². The van der Waals surface area contributed by atoms with E-state index in [1.165, 1.54) is 23.0 Å². The van der Waals surface area contributed by atoms with E-state index in [9.17, 15) is 4.79 Å². The Morgan fingerprint density at radius 2 is 1.94 bits per heavy atom. The van der Waals surface area contributed by atoms with Crippen LogP contribution >= 0.6 is 0 Å². The van der Waals surface area contributed by atoms with Crippen molar-refractivity contribution >= 4 is 12.1 Å². The Balaban J connectivity index is 1.27. The van der Waals surface area contributed by atoms with E-state index in [0.29, 0.717) is 6.61 Å². The summed E-state index contributed by atoms with van der Waals surface area (Å²) >= 11 is 0. The fourth-order valence-corrected chi connectivity index (χ4v) is 4.22. The van der Waals surface area contributed by atoms with Gasteiger partial charge in [-0.2, -0.15) is 0 Å². The first-order valence-corrected chi connectivity index (χ1v) is 10.3. The Kier molecular flexibility index (Phi) is 5.08. The van der Waals surface area contributed by atoms with Gasteiger partial charge in [0.25, 0.3) is 6.02 Å². The van der Waals surface area contributed by atoms with Crippen LogP contribution in [0.25, 0.3) is 11.1 Å². The standard InChI is InChI=1S/C24H22N4O3/c29-23(30-14-17-5-2-1-3-6-17)27-22-28-24(15-31-22)10-9-21-18(11-24)7-4-8-20(21)19-12-25-16-26-13-19/h1-8,12-13,16H,9-11,14-15H2,(H,27,28,29)/t24-/m0/s1. The summed E-state index contributed by atoms with van der Waals surface area (Å²) in [6.07, 6.45) is 7.13. The molecule has 156 valence electrons. The summed E-state index contributed by atoms with van der Waals surface area (Å²) in [5, 5.41) is 2.63. The van der Waals surface area contributed by atoms with E-state index < -0.39 is 6.09 Å². The third-order valence-electron chi connectivity index (χ3n) is 5.74. The predicted molar refractivity (Wildman–Crippen MR) is 115 cm³/mol. The minimum absolute atomic E-state index is 0.199. The van der Waals surface area contributed by atoms with E-state index in [4.69, 9.17) is 14.5 Å². The van der Waals surface area contributed by atoms with Gasteiger partial charge >= 0.3 is 6.09 Å². The van der Waals surface area contributed by atoms with Crippen LogP contribution in [-0.4, -0.2) is 34.2 Å². The lowest BCUT2D eigenvalue weighted by Gasteiger charge is -2.31. The van der Waals surface area contributed by atoms with Crippen molar-refractivity contribution in [2.24, 2.45) is 4.99 Å². The van der Waals surface area contributed by atoms with Crippen molar-refractivity contribution in [3.63, 3.8) is 0 Å². The highest BCUT2D eigenvalue weighted by Gasteiger charge is 2.40. The van der Waals surface area contributed by atoms with Gasteiger partial charge < -0.3 is 9.47 Å². The smallest absolute Gasteiger partial charge is 0.415 e. The maximum Gasteiger partial charge on any atom is 0.415 e. The molecule has 1 N–H and O–H groups in total. The SMILES string of the molecule is O=C(NC1=N[C@]2(CCc3c(cccc3-c3cncnc3)C2)CO1)OCc1ccccc1. The molecule has 5 rings (SSSR count). The largest absolute Gasteiger partial charge is 0.462 e. The number of hydrogen-bond donors (Lipinski definition) is 1. The number of alkyl carbamates (subject to hydrolysis) is 1. The van der Waals surface area contributed by atoms with E-state index in [0.717, 1.165) is 30.4 Å². The number of amides is 1. The molecule has 3 aromatic rings. The number of benzene rings is 2. The molecule has 0 unspecified atom stereocenters. The number of rotatable bonds is 3. The fraction of sp³-hybridized carbons (Fsp3) is 0.250. The molecule has 0 saturated heterocycles. The number of aromatic nitrogens is 2. The van der Waals surface area contributed by atoms with E-state index in [-0.39, 0.29) is 18.2 Å². The zero-order valence-corrected chi connectivity index (χ0v) is 17.0. The Bertz CT molecular complexity index is 1120. The zero-order valence-electron chi connectivity index (χ0n) is 17.0. The summed E-state index contributed by atoms with van der Waals surface area (Å²) in [6, 6.07) is 16.1. The van der Waals surface area contributed by atoms with Gasteiger partial charge in [-0.3, -0.25) is 0 Å². The highest BCUT2D eigenvalue weighted by Crippen LogP contribution is 2.38. The number of nitrogens with zero attached hydrogens (tertiary/aromatic N) is 3. The molecule has 0 fully saturated rings. The summed E-state index contributed by atoms with van der Waals surface area (Å²) < 4.78 is 11.0. The Morgan fingerprint density at radius 3 is 2.77 bits per heavy atom. The van der Waals surface area contributed by atoms with Crippen molar-refractivity contribution in [3.8, 4) is 11.1 Å². The molecular formula is C24H22N4O3. The third kappa shape index (κ3) is 4.12. The van der Waals surface area contributed by atoms with Crippen LogP contribution < -0.4 is 5.32 Å². The number of carbonyl (C=O) groups excluding carboxylic acids is 1. The van der Waals surface area contributed by atoms with Crippen molar-refractivity contribution < 1.29 is 14.3 Å². The topological polar surface area (TPSA) is 85.7 Å². The van der Waals surface area contributed by atoms with Crippen LogP contribution in [0, 0.1) is 0 Å². The van der Waals surface area contributed by atoms with E-state index in [1.54, 1.807) is 0 Å². The van der Waals surface area contributed by atoms with Crippen LogP contribution in [-0.2, 0) is 28.9 Å². The molecule has 1 amide bonds. The maximum atomic E-state index is 12.1. The van der Waals surface area contributed by atoms with E-state index in [2.05, 4.69) is 33.5 Å². The van der Waals surface area contributed by atoms with Crippen LogP contribution in [0.15, 0.2) is 72.2 Å². The van der Waals surface area contributed by atoms with Gasteiger partial charge in [0, 0.05) is 24.4 Å². The number of hydrogen-bond acceptors (Lipinski definition) is 6. The molecule has 1 atom stereocenters. The summed E-state index contributed by atoms with van der Waals surface area (Å²) in [6.45, 7) is 0.643. The van der Waals surface area contributed by atoms with Crippen LogP contribution in [0.1, 0.15) is 23.1 Å². The molecule has 1 aliphatic heterocycles. The first kappa shape index (κ1) is 19.2. The number of aliphatic imine (C=N–C) groups is 1. The van der Waals surface area contributed by atoms with Crippen LogP contribution in [0.4, 0.5) is 4.79 Å². The zero-order chi connectivity index (χ0) is 21.1. The normalized spacial score (nSPS) is 19.3. The molecule has 1 aromatic heterocycles. The van der Waals surface area contributed by atoms with Gasteiger partial charge in [-0.15, -0.1) is 0 Å². The molecule has 0 bridgehead atoms. The molecule has 2 heterocycles. The Hall–Kier alpha value is -3.74. The minimum atomic E-state index is -0.567. The summed E-state index contributed by atoms with van der Waals surface area (Å²) in [7, 11) is 0. The molecular weight excluding hydrogens is 392 g/mol. The van der Waals surface area contributed by atoms with Crippen molar-refractivity contribution in [3.05, 3.63) is 83.9 Å². The number of ether oxygens (including phenoxy) is 2. The molecule has 7 heteroatoms. The fourth-order valence-electron chi connectivity index (χ4n) is 4.22. The minimum Gasteiger partial charge on any atom is -0.462 e. The van der Waals surface area contributed by atoms with Gasteiger partial charge in [-0.25, -0.2) is 25.1 Å². The first-order chi connectivity index (χ1) is 15.2. The van der Waals surface area contributed by atoms with Crippen molar-refractivity contribution in [2.75, 3.05) is 6.61 Å². The second-order valence-electron chi connectivity index (χ2n) is 7.86. The molecule has 0 saturated carbocycles. The molecule has 2 aliphatic rings. The predicted octanol–water partition coefficient (Wildman–Crippen LogP) is 3.68. The lowest BCUT2D eigenvalue weighted by atomic mass is 9.77. The highest BCUT2D eigenvalue weighted by atomic mass is 16.6.